The number of nitrogens with zero attached hydrogens (tertiary/aromatic N) is 1. The van der Waals surface area contributed by atoms with Gasteiger partial charge in [0.2, 0.25) is 0 Å². The summed E-state index contributed by atoms with van der Waals surface area (Å²) in [5, 5.41) is 6.00. The number of amides is 1. The number of hydrogen-bond acceptors (Lipinski definition) is 4. The van der Waals surface area contributed by atoms with Gasteiger partial charge in [-0.25, -0.2) is 0 Å². The summed E-state index contributed by atoms with van der Waals surface area (Å²) in [5.74, 6) is -0.119. The second kappa shape index (κ2) is 5.82. The fourth-order valence-corrected chi connectivity index (χ4v) is 2.10. The van der Waals surface area contributed by atoms with E-state index in [9.17, 15) is 4.79 Å². The topological polar surface area (TPSA) is 63.2 Å². The van der Waals surface area contributed by atoms with E-state index < -0.39 is 0 Å². The van der Waals surface area contributed by atoms with E-state index in [0.717, 1.165) is 18.5 Å². The Morgan fingerprint density at radius 3 is 3.11 bits per heavy atom. The maximum Gasteiger partial charge on any atom is 0.270 e. The lowest BCUT2D eigenvalue weighted by Gasteiger charge is -2.27. The Kier molecular flexibility index (Phi) is 4.15. The standard InChI is InChI=1S/C13H19N3O2/c1-9-7-11(4-6-18-9)16-13(17)12-8-10(14-2)3-5-15-12/h3,5,8-9,11H,4,6-7H2,1-2H3,(H,14,15)(H,16,17). The van der Waals surface area contributed by atoms with Crippen LogP contribution in [0.25, 0.3) is 0 Å². The summed E-state index contributed by atoms with van der Waals surface area (Å²) in [6.45, 7) is 2.73. The number of pyridine rings is 1. The highest BCUT2D eigenvalue weighted by atomic mass is 16.5. The summed E-state index contributed by atoms with van der Waals surface area (Å²) in [4.78, 5) is 16.1. The van der Waals surface area contributed by atoms with Crippen LogP contribution in [0, 0.1) is 0 Å². The Bertz CT molecular complexity index is 422. The van der Waals surface area contributed by atoms with Gasteiger partial charge in [-0.1, -0.05) is 0 Å². The first-order valence-electron chi connectivity index (χ1n) is 6.25. The number of carbonyl (C=O) groups excluding carboxylic acids is 1. The quantitative estimate of drug-likeness (QED) is 0.850. The summed E-state index contributed by atoms with van der Waals surface area (Å²) < 4.78 is 5.45. The van der Waals surface area contributed by atoms with Gasteiger partial charge in [-0.15, -0.1) is 0 Å². The molecule has 5 nitrogen and oxygen atoms in total. The van der Waals surface area contributed by atoms with Gasteiger partial charge in [-0.05, 0) is 31.9 Å². The van der Waals surface area contributed by atoms with Gasteiger partial charge >= 0.3 is 0 Å². The first-order valence-corrected chi connectivity index (χ1v) is 6.25. The zero-order chi connectivity index (χ0) is 13.0. The summed E-state index contributed by atoms with van der Waals surface area (Å²) >= 11 is 0. The van der Waals surface area contributed by atoms with E-state index >= 15 is 0 Å². The van der Waals surface area contributed by atoms with E-state index in [1.165, 1.54) is 0 Å². The van der Waals surface area contributed by atoms with Crippen molar-refractivity contribution < 1.29 is 9.53 Å². The minimum absolute atomic E-state index is 0.119. The van der Waals surface area contributed by atoms with Crippen LogP contribution in [0.1, 0.15) is 30.3 Å². The van der Waals surface area contributed by atoms with Gasteiger partial charge in [0.25, 0.3) is 5.91 Å². The molecular weight excluding hydrogens is 230 g/mol. The van der Waals surface area contributed by atoms with Gasteiger partial charge in [0.15, 0.2) is 0 Å². The molecule has 5 heteroatoms. The Labute approximate surface area is 107 Å². The highest BCUT2D eigenvalue weighted by Crippen LogP contribution is 2.14. The predicted octanol–water partition coefficient (Wildman–Crippen LogP) is 1.42. The van der Waals surface area contributed by atoms with Crippen LogP contribution in [0.15, 0.2) is 18.3 Å². The van der Waals surface area contributed by atoms with E-state index in [4.69, 9.17) is 4.74 Å². The second-order valence-electron chi connectivity index (χ2n) is 4.56. The molecule has 1 amide bonds. The maximum atomic E-state index is 12.0. The van der Waals surface area contributed by atoms with Gasteiger partial charge in [0.05, 0.1) is 6.10 Å². The minimum Gasteiger partial charge on any atom is -0.388 e. The number of ether oxygens (including phenoxy) is 1. The monoisotopic (exact) mass is 249 g/mol. The zero-order valence-electron chi connectivity index (χ0n) is 10.8. The molecule has 0 saturated carbocycles. The molecular formula is C13H19N3O2. The van der Waals surface area contributed by atoms with Crippen LogP contribution in [-0.4, -0.2) is 36.7 Å². The van der Waals surface area contributed by atoms with Crippen LogP contribution in [0.5, 0.6) is 0 Å². The molecule has 1 saturated heterocycles. The number of aromatic nitrogens is 1. The smallest absolute Gasteiger partial charge is 0.270 e. The molecule has 2 heterocycles. The molecule has 18 heavy (non-hydrogen) atoms. The molecule has 1 fully saturated rings. The Morgan fingerprint density at radius 2 is 2.39 bits per heavy atom. The van der Waals surface area contributed by atoms with Crippen molar-refractivity contribution >= 4 is 11.6 Å². The maximum absolute atomic E-state index is 12.0. The van der Waals surface area contributed by atoms with Crippen LogP contribution in [0.4, 0.5) is 5.69 Å². The summed E-state index contributed by atoms with van der Waals surface area (Å²) in [6, 6.07) is 3.76. The van der Waals surface area contributed by atoms with Crippen molar-refractivity contribution in [3.8, 4) is 0 Å². The van der Waals surface area contributed by atoms with Gasteiger partial charge in [0.1, 0.15) is 5.69 Å². The van der Waals surface area contributed by atoms with Gasteiger partial charge in [0, 0.05) is 31.6 Å². The van der Waals surface area contributed by atoms with E-state index in [0.29, 0.717) is 12.3 Å². The number of carbonyl (C=O) groups is 1. The lowest BCUT2D eigenvalue weighted by atomic mass is 10.0. The molecule has 1 aliphatic heterocycles. The van der Waals surface area contributed by atoms with E-state index in [2.05, 4.69) is 15.6 Å². The van der Waals surface area contributed by atoms with Crippen LogP contribution in [0.2, 0.25) is 0 Å². The molecule has 2 N–H and O–H groups in total. The first kappa shape index (κ1) is 12.8. The molecule has 0 radical (unpaired) electrons. The lowest BCUT2D eigenvalue weighted by molar-refractivity contribution is 0.0136. The number of anilines is 1. The molecule has 2 unspecified atom stereocenters. The molecule has 2 rings (SSSR count). The first-order chi connectivity index (χ1) is 8.69. The third-order valence-corrected chi connectivity index (χ3v) is 3.10. The average Bonchev–Trinajstić information content (AvgIpc) is 2.39. The van der Waals surface area contributed by atoms with Crippen molar-refractivity contribution in [3.63, 3.8) is 0 Å². The highest BCUT2D eigenvalue weighted by molar-refractivity contribution is 5.93. The molecule has 2 atom stereocenters. The molecule has 1 aromatic rings. The van der Waals surface area contributed by atoms with Crippen LogP contribution in [-0.2, 0) is 4.74 Å². The van der Waals surface area contributed by atoms with Gasteiger partial charge in [-0.2, -0.15) is 0 Å². The average molecular weight is 249 g/mol. The third kappa shape index (κ3) is 3.20. The third-order valence-electron chi connectivity index (χ3n) is 3.10. The Balaban J connectivity index is 1.98. The predicted molar refractivity (Wildman–Crippen MR) is 69.7 cm³/mol. The lowest BCUT2D eigenvalue weighted by Crippen LogP contribution is -2.41. The molecule has 1 aliphatic rings. The fraction of sp³-hybridized carbons (Fsp3) is 0.538. The van der Waals surface area contributed by atoms with Crippen molar-refractivity contribution in [1.29, 1.82) is 0 Å². The minimum atomic E-state index is -0.119. The van der Waals surface area contributed by atoms with Crippen molar-refractivity contribution in [3.05, 3.63) is 24.0 Å². The molecule has 0 aliphatic carbocycles. The summed E-state index contributed by atoms with van der Waals surface area (Å²) in [5.41, 5.74) is 1.33. The Morgan fingerprint density at radius 1 is 1.56 bits per heavy atom. The molecule has 0 bridgehead atoms. The highest BCUT2D eigenvalue weighted by Gasteiger charge is 2.21. The zero-order valence-corrected chi connectivity index (χ0v) is 10.8. The largest absolute Gasteiger partial charge is 0.388 e. The van der Waals surface area contributed by atoms with Crippen LogP contribution >= 0.6 is 0 Å². The van der Waals surface area contributed by atoms with Crippen molar-refractivity contribution in [2.45, 2.75) is 31.9 Å². The van der Waals surface area contributed by atoms with Crippen molar-refractivity contribution in [1.82, 2.24) is 10.3 Å². The fourth-order valence-electron chi connectivity index (χ4n) is 2.10. The normalized spacial score (nSPS) is 23.4. The molecule has 0 aromatic carbocycles. The summed E-state index contributed by atoms with van der Waals surface area (Å²) in [7, 11) is 1.82. The summed E-state index contributed by atoms with van der Waals surface area (Å²) in [6.07, 6.45) is 3.56. The molecule has 1 aromatic heterocycles. The number of nitrogens with one attached hydrogen (secondary N) is 2. The number of hydrogen-bond donors (Lipinski definition) is 2. The van der Waals surface area contributed by atoms with Crippen LogP contribution < -0.4 is 10.6 Å². The van der Waals surface area contributed by atoms with Crippen LogP contribution in [0.3, 0.4) is 0 Å². The van der Waals surface area contributed by atoms with Crippen molar-refractivity contribution in [2.24, 2.45) is 0 Å². The number of rotatable bonds is 3. The Hall–Kier alpha value is -1.62. The van der Waals surface area contributed by atoms with Gasteiger partial charge in [-0.3, -0.25) is 9.78 Å². The second-order valence-corrected chi connectivity index (χ2v) is 4.56. The molecule has 0 spiro atoms. The molecule has 98 valence electrons. The van der Waals surface area contributed by atoms with Gasteiger partial charge < -0.3 is 15.4 Å². The van der Waals surface area contributed by atoms with E-state index in [1.54, 1.807) is 12.3 Å². The SMILES string of the molecule is CNc1ccnc(C(=O)NC2CCOC(C)C2)c1. The van der Waals surface area contributed by atoms with E-state index in [-0.39, 0.29) is 18.1 Å². The van der Waals surface area contributed by atoms with Crippen molar-refractivity contribution in [2.75, 3.05) is 19.0 Å². The van der Waals surface area contributed by atoms with E-state index in [1.807, 2.05) is 20.0 Å².